The van der Waals surface area contributed by atoms with Crippen molar-refractivity contribution in [2.45, 2.75) is 32.7 Å². The third-order valence-corrected chi connectivity index (χ3v) is 3.72. The van der Waals surface area contributed by atoms with Crippen LogP contribution in [-0.2, 0) is 0 Å². The Morgan fingerprint density at radius 2 is 2.10 bits per heavy atom. The van der Waals surface area contributed by atoms with Gasteiger partial charge in [-0.3, -0.25) is 0 Å². The van der Waals surface area contributed by atoms with Crippen LogP contribution in [-0.4, -0.2) is 34.6 Å². The summed E-state index contributed by atoms with van der Waals surface area (Å²) in [5.41, 5.74) is 2.28. The van der Waals surface area contributed by atoms with E-state index in [9.17, 15) is 14.7 Å². The number of carbonyl (C=O) groups is 2. The van der Waals surface area contributed by atoms with Crippen LogP contribution in [0.5, 0.6) is 0 Å². The minimum Gasteiger partial charge on any atom is -0.478 e. The van der Waals surface area contributed by atoms with E-state index < -0.39 is 5.97 Å². The number of carbonyl (C=O) groups excluding carboxylic acids is 1. The van der Waals surface area contributed by atoms with Gasteiger partial charge in [0.05, 0.1) is 5.56 Å². The van der Waals surface area contributed by atoms with Crippen molar-refractivity contribution in [3.63, 3.8) is 0 Å². The maximum atomic E-state index is 12.3. The molecule has 5 heteroatoms. The van der Waals surface area contributed by atoms with Crippen molar-refractivity contribution in [2.24, 2.45) is 0 Å². The fourth-order valence-electron chi connectivity index (χ4n) is 2.27. The van der Waals surface area contributed by atoms with Crippen molar-refractivity contribution in [3.8, 4) is 0 Å². The van der Waals surface area contributed by atoms with Crippen LogP contribution < -0.4 is 5.32 Å². The Morgan fingerprint density at radius 3 is 2.62 bits per heavy atom. The Balaban J connectivity index is 2.20. The molecule has 0 atom stereocenters. The minimum atomic E-state index is -0.989. The van der Waals surface area contributed by atoms with Crippen molar-refractivity contribution in [1.29, 1.82) is 0 Å². The highest BCUT2D eigenvalue weighted by molar-refractivity contribution is 5.94. The fraction of sp³-hybridized carbons (Fsp3) is 0.375. The van der Waals surface area contributed by atoms with E-state index in [0.29, 0.717) is 17.8 Å². The zero-order valence-electron chi connectivity index (χ0n) is 12.3. The van der Waals surface area contributed by atoms with Gasteiger partial charge in [-0.15, -0.1) is 6.58 Å². The molecule has 5 nitrogen and oxygen atoms in total. The summed E-state index contributed by atoms with van der Waals surface area (Å²) in [6, 6.07) is 3.35. The summed E-state index contributed by atoms with van der Waals surface area (Å²) in [6.07, 6.45) is 3.71. The molecule has 0 saturated heterocycles. The number of anilines is 1. The molecular formula is C16H20N2O3. The van der Waals surface area contributed by atoms with Crippen LogP contribution in [0.15, 0.2) is 24.8 Å². The standard InChI is InChI=1S/C16H20N2O3/c1-4-7-18(13-5-6-13)16(21)17-12-8-10(2)11(3)14(9-12)15(19)20/h4,8-9,13H,1,5-7H2,2-3H3,(H,17,21)(H,19,20). The Bertz CT molecular complexity index is 591. The van der Waals surface area contributed by atoms with Gasteiger partial charge in [0, 0.05) is 18.3 Å². The summed E-state index contributed by atoms with van der Waals surface area (Å²) < 4.78 is 0. The SMILES string of the molecule is C=CCN(C(=O)Nc1cc(C)c(C)c(C(=O)O)c1)C1CC1. The molecule has 2 rings (SSSR count). The van der Waals surface area contributed by atoms with Crippen LogP contribution in [0.1, 0.15) is 34.3 Å². The van der Waals surface area contributed by atoms with Gasteiger partial charge in [0.2, 0.25) is 0 Å². The van der Waals surface area contributed by atoms with Crippen LogP contribution in [0.3, 0.4) is 0 Å². The third kappa shape index (κ3) is 3.42. The van der Waals surface area contributed by atoms with Crippen molar-refractivity contribution >= 4 is 17.7 Å². The highest BCUT2D eigenvalue weighted by atomic mass is 16.4. The van der Waals surface area contributed by atoms with Gasteiger partial charge in [-0.25, -0.2) is 9.59 Å². The number of aryl methyl sites for hydroxylation is 1. The molecule has 112 valence electrons. The predicted octanol–water partition coefficient (Wildman–Crippen LogP) is 3.18. The largest absolute Gasteiger partial charge is 0.478 e. The quantitative estimate of drug-likeness (QED) is 0.817. The highest BCUT2D eigenvalue weighted by Crippen LogP contribution is 2.28. The summed E-state index contributed by atoms with van der Waals surface area (Å²) >= 11 is 0. The lowest BCUT2D eigenvalue weighted by atomic mass is 10.0. The second-order valence-electron chi connectivity index (χ2n) is 5.37. The molecule has 0 bridgehead atoms. The summed E-state index contributed by atoms with van der Waals surface area (Å²) in [7, 11) is 0. The second kappa shape index (κ2) is 5.99. The monoisotopic (exact) mass is 288 g/mol. The number of rotatable bonds is 5. The van der Waals surface area contributed by atoms with Gasteiger partial charge in [-0.1, -0.05) is 6.08 Å². The van der Waals surface area contributed by atoms with Crippen molar-refractivity contribution in [3.05, 3.63) is 41.5 Å². The summed E-state index contributed by atoms with van der Waals surface area (Å²) in [4.78, 5) is 25.2. The van der Waals surface area contributed by atoms with E-state index in [2.05, 4.69) is 11.9 Å². The van der Waals surface area contributed by atoms with E-state index in [1.54, 1.807) is 24.0 Å². The number of urea groups is 1. The van der Waals surface area contributed by atoms with Crippen LogP contribution in [0.4, 0.5) is 10.5 Å². The molecule has 1 fully saturated rings. The Labute approximate surface area is 124 Å². The van der Waals surface area contributed by atoms with E-state index >= 15 is 0 Å². The molecule has 1 aromatic rings. The van der Waals surface area contributed by atoms with Crippen LogP contribution in [0.2, 0.25) is 0 Å². The van der Waals surface area contributed by atoms with E-state index in [-0.39, 0.29) is 17.6 Å². The Morgan fingerprint density at radius 1 is 1.43 bits per heavy atom. The number of hydrogen-bond donors (Lipinski definition) is 2. The van der Waals surface area contributed by atoms with Gasteiger partial charge in [-0.2, -0.15) is 0 Å². The molecule has 0 aromatic heterocycles. The average Bonchev–Trinajstić information content (AvgIpc) is 3.23. The van der Waals surface area contributed by atoms with E-state index in [4.69, 9.17) is 0 Å². The van der Waals surface area contributed by atoms with E-state index in [1.165, 1.54) is 6.07 Å². The lowest BCUT2D eigenvalue weighted by molar-refractivity contribution is 0.0696. The van der Waals surface area contributed by atoms with Gasteiger partial charge in [0.25, 0.3) is 0 Å². The maximum absolute atomic E-state index is 12.3. The smallest absolute Gasteiger partial charge is 0.336 e. The van der Waals surface area contributed by atoms with Crippen LogP contribution in [0.25, 0.3) is 0 Å². The molecule has 1 aromatic carbocycles. The molecule has 0 aliphatic heterocycles. The summed E-state index contributed by atoms with van der Waals surface area (Å²) in [6.45, 7) is 7.75. The lowest BCUT2D eigenvalue weighted by Gasteiger charge is -2.21. The highest BCUT2D eigenvalue weighted by Gasteiger charge is 2.31. The molecule has 2 amide bonds. The van der Waals surface area contributed by atoms with E-state index in [1.807, 2.05) is 6.92 Å². The fourth-order valence-corrected chi connectivity index (χ4v) is 2.27. The Hall–Kier alpha value is -2.30. The Kier molecular flexibility index (Phi) is 4.31. The average molecular weight is 288 g/mol. The predicted molar refractivity (Wildman–Crippen MR) is 81.8 cm³/mol. The molecule has 21 heavy (non-hydrogen) atoms. The normalized spacial score (nSPS) is 13.6. The topological polar surface area (TPSA) is 69.6 Å². The van der Waals surface area contributed by atoms with Crippen LogP contribution in [0, 0.1) is 13.8 Å². The zero-order valence-corrected chi connectivity index (χ0v) is 12.3. The van der Waals surface area contributed by atoms with Gasteiger partial charge >= 0.3 is 12.0 Å². The number of carboxylic acids is 1. The molecule has 0 radical (unpaired) electrons. The summed E-state index contributed by atoms with van der Waals surface area (Å²) in [5, 5.41) is 12.0. The van der Waals surface area contributed by atoms with Gasteiger partial charge in [0.15, 0.2) is 0 Å². The summed E-state index contributed by atoms with van der Waals surface area (Å²) in [5.74, 6) is -0.989. The van der Waals surface area contributed by atoms with Crippen molar-refractivity contribution < 1.29 is 14.7 Å². The van der Waals surface area contributed by atoms with Crippen molar-refractivity contribution in [2.75, 3.05) is 11.9 Å². The third-order valence-electron chi connectivity index (χ3n) is 3.72. The first kappa shape index (κ1) is 15.1. The first-order valence-corrected chi connectivity index (χ1v) is 6.97. The molecule has 1 aliphatic rings. The second-order valence-corrected chi connectivity index (χ2v) is 5.37. The number of amides is 2. The van der Waals surface area contributed by atoms with Gasteiger partial charge in [0.1, 0.15) is 0 Å². The van der Waals surface area contributed by atoms with Crippen molar-refractivity contribution in [1.82, 2.24) is 4.90 Å². The van der Waals surface area contributed by atoms with Gasteiger partial charge < -0.3 is 15.3 Å². The zero-order chi connectivity index (χ0) is 15.6. The van der Waals surface area contributed by atoms with Crippen LogP contribution >= 0.6 is 0 Å². The number of nitrogens with one attached hydrogen (secondary N) is 1. The molecule has 2 N–H and O–H groups in total. The number of carboxylic acid groups (broad SMARTS) is 1. The minimum absolute atomic E-state index is 0.211. The van der Waals surface area contributed by atoms with E-state index in [0.717, 1.165) is 18.4 Å². The molecule has 1 saturated carbocycles. The molecular weight excluding hydrogens is 268 g/mol. The van der Waals surface area contributed by atoms with Gasteiger partial charge in [-0.05, 0) is 49.9 Å². The lowest BCUT2D eigenvalue weighted by Crippen LogP contribution is -2.36. The first-order chi connectivity index (χ1) is 9.93. The maximum Gasteiger partial charge on any atom is 0.336 e. The number of aromatic carboxylic acids is 1. The molecule has 0 spiro atoms. The molecule has 1 aliphatic carbocycles. The first-order valence-electron chi connectivity index (χ1n) is 6.97. The number of hydrogen-bond acceptors (Lipinski definition) is 2. The molecule has 0 heterocycles. The molecule has 0 unspecified atom stereocenters. The number of benzene rings is 1. The number of nitrogens with zero attached hydrogens (tertiary/aromatic N) is 1.